The van der Waals surface area contributed by atoms with Crippen molar-refractivity contribution in [2.45, 2.75) is 6.54 Å². The fraction of sp³-hybridized carbons (Fsp3) is 0.111. The Morgan fingerprint density at radius 2 is 2.00 bits per heavy atom. The van der Waals surface area contributed by atoms with Crippen molar-refractivity contribution in [1.29, 1.82) is 0 Å². The van der Waals surface area contributed by atoms with E-state index in [-0.39, 0.29) is 6.03 Å². The number of hydrogen-bond acceptors (Lipinski definition) is 4. The largest absolute Gasteiger partial charge is 0.497 e. The molecule has 0 radical (unpaired) electrons. The van der Waals surface area contributed by atoms with Crippen molar-refractivity contribution in [3.05, 3.63) is 70.6 Å². The maximum atomic E-state index is 12.0. The lowest BCUT2D eigenvalue weighted by Crippen LogP contribution is -2.28. The monoisotopic (exact) mass is 324 g/mol. The molecule has 0 aliphatic rings. The minimum Gasteiger partial charge on any atom is -0.497 e. The topological polar surface area (TPSA) is 80.6 Å². The lowest BCUT2D eigenvalue weighted by Gasteiger charge is -2.09. The maximum absolute atomic E-state index is 12.0. The quantitative estimate of drug-likeness (QED) is 0.723. The van der Waals surface area contributed by atoms with Crippen LogP contribution in [0.25, 0.3) is 11.0 Å². The highest BCUT2D eigenvalue weighted by molar-refractivity contribution is 5.92. The molecular formula is C18H16N2O4. The van der Waals surface area contributed by atoms with Gasteiger partial charge >= 0.3 is 11.7 Å². The van der Waals surface area contributed by atoms with Crippen LogP contribution in [0.5, 0.6) is 5.75 Å². The van der Waals surface area contributed by atoms with Crippen LogP contribution in [-0.4, -0.2) is 13.1 Å². The minimum atomic E-state index is -0.403. The van der Waals surface area contributed by atoms with Gasteiger partial charge in [0.2, 0.25) is 0 Å². The Bertz CT molecular complexity index is 933. The van der Waals surface area contributed by atoms with Crippen LogP contribution in [0.15, 0.2) is 63.8 Å². The van der Waals surface area contributed by atoms with E-state index >= 15 is 0 Å². The van der Waals surface area contributed by atoms with Crippen molar-refractivity contribution in [2.24, 2.45) is 0 Å². The number of urea groups is 1. The molecule has 122 valence electrons. The number of benzene rings is 2. The van der Waals surface area contributed by atoms with Crippen molar-refractivity contribution in [3.8, 4) is 5.75 Å². The van der Waals surface area contributed by atoms with E-state index in [1.807, 2.05) is 24.3 Å². The molecule has 0 fully saturated rings. The molecule has 2 aromatic carbocycles. The lowest BCUT2D eigenvalue weighted by atomic mass is 10.2. The summed E-state index contributed by atoms with van der Waals surface area (Å²) in [4.78, 5) is 23.2. The third kappa shape index (κ3) is 3.73. The third-order valence-corrected chi connectivity index (χ3v) is 3.46. The number of methoxy groups -OCH3 is 1. The predicted molar refractivity (Wildman–Crippen MR) is 91.3 cm³/mol. The van der Waals surface area contributed by atoms with Gasteiger partial charge < -0.3 is 19.8 Å². The zero-order valence-electron chi connectivity index (χ0n) is 13.0. The summed E-state index contributed by atoms with van der Waals surface area (Å²) in [6.45, 7) is 0.380. The summed E-state index contributed by atoms with van der Waals surface area (Å²) in [5.74, 6) is 0.741. The normalized spacial score (nSPS) is 10.4. The van der Waals surface area contributed by atoms with Crippen LogP contribution in [0.1, 0.15) is 5.56 Å². The number of fused-ring (bicyclic) bond motifs is 1. The second kappa shape index (κ2) is 6.87. The first kappa shape index (κ1) is 15.6. The third-order valence-electron chi connectivity index (χ3n) is 3.46. The summed E-state index contributed by atoms with van der Waals surface area (Å²) in [5.41, 5.74) is 1.62. The molecule has 2 N–H and O–H groups in total. The molecule has 6 heteroatoms. The van der Waals surface area contributed by atoms with Gasteiger partial charge in [-0.3, -0.25) is 0 Å². The Kier molecular flexibility index (Phi) is 4.47. The van der Waals surface area contributed by atoms with E-state index in [0.29, 0.717) is 17.8 Å². The molecule has 0 spiro atoms. The molecule has 6 nitrogen and oxygen atoms in total. The Morgan fingerprint density at radius 1 is 1.12 bits per heavy atom. The fourth-order valence-electron chi connectivity index (χ4n) is 2.29. The number of anilines is 1. The van der Waals surface area contributed by atoms with Gasteiger partial charge in [-0.25, -0.2) is 9.59 Å². The Hall–Kier alpha value is -3.28. The summed E-state index contributed by atoms with van der Waals surface area (Å²) in [6.07, 6.45) is 0. The Morgan fingerprint density at radius 3 is 2.83 bits per heavy atom. The molecule has 0 atom stereocenters. The number of rotatable bonds is 4. The Balaban J connectivity index is 1.64. The summed E-state index contributed by atoms with van der Waals surface area (Å²) < 4.78 is 10.2. The molecule has 0 unspecified atom stereocenters. The van der Waals surface area contributed by atoms with Crippen LogP contribution in [0, 0.1) is 0 Å². The average molecular weight is 324 g/mol. The van der Waals surface area contributed by atoms with Crippen LogP contribution >= 0.6 is 0 Å². The van der Waals surface area contributed by atoms with E-state index in [4.69, 9.17) is 9.15 Å². The first-order valence-corrected chi connectivity index (χ1v) is 7.36. The molecule has 0 aliphatic heterocycles. The van der Waals surface area contributed by atoms with Gasteiger partial charge in [-0.05, 0) is 42.0 Å². The number of amides is 2. The van der Waals surface area contributed by atoms with E-state index in [0.717, 1.165) is 16.7 Å². The summed E-state index contributed by atoms with van der Waals surface area (Å²) in [5, 5.41) is 6.26. The zero-order chi connectivity index (χ0) is 16.9. The maximum Gasteiger partial charge on any atom is 0.336 e. The molecule has 1 heterocycles. The molecular weight excluding hydrogens is 308 g/mol. The van der Waals surface area contributed by atoms with Gasteiger partial charge in [0.1, 0.15) is 11.3 Å². The summed E-state index contributed by atoms with van der Waals surface area (Å²) in [6, 6.07) is 15.2. The molecule has 3 aromatic rings. The van der Waals surface area contributed by atoms with E-state index in [2.05, 4.69) is 10.6 Å². The highest BCUT2D eigenvalue weighted by atomic mass is 16.5. The Labute approximate surface area is 138 Å². The molecule has 0 saturated carbocycles. The second-order valence-electron chi connectivity index (χ2n) is 5.17. The second-order valence-corrected chi connectivity index (χ2v) is 5.17. The molecule has 1 aromatic heterocycles. The van der Waals surface area contributed by atoms with E-state index < -0.39 is 5.63 Å². The van der Waals surface area contributed by atoms with Gasteiger partial charge in [-0.1, -0.05) is 12.1 Å². The average Bonchev–Trinajstić information content (AvgIpc) is 2.60. The number of ether oxygens (including phenoxy) is 1. The van der Waals surface area contributed by atoms with Crippen molar-refractivity contribution >= 4 is 22.7 Å². The number of hydrogen-bond donors (Lipinski definition) is 2. The zero-order valence-corrected chi connectivity index (χ0v) is 13.0. The van der Waals surface area contributed by atoms with Crippen LogP contribution in [0.2, 0.25) is 0 Å². The lowest BCUT2D eigenvalue weighted by molar-refractivity contribution is 0.251. The van der Waals surface area contributed by atoms with Crippen LogP contribution in [-0.2, 0) is 6.54 Å². The predicted octanol–water partition coefficient (Wildman–Crippen LogP) is 3.12. The van der Waals surface area contributed by atoms with Crippen LogP contribution in [0.3, 0.4) is 0 Å². The van der Waals surface area contributed by atoms with Gasteiger partial charge in [-0.15, -0.1) is 0 Å². The van der Waals surface area contributed by atoms with Crippen LogP contribution < -0.4 is 21.0 Å². The van der Waals surface area contributed by atoms with E-state index in [9.17, 15) is 9.59 Å². The van der Waals surface area contributed by atoms with Crippen molar-refractivity contribution in [2.75, 3.05) is 12.4 Å². The first-order chi connectivity index (χ1) is 11.6. The summed E-state index contributed by atoms with van der Waals surface area (Å²) >= 11 is 0. The van der Waals surface area contributed by atoms with Gasteiger partial charge in [0.05, 0.1) is 7.11 Å². The molecule has 0 saturated heterocycles. The van der Waals surface area contributed by atoms with E-state index in [1.54, 1.807) is 31.4 Å². The van der Waals surface area contributed by atoms with Gasteiger partial charge in [0.25, 0.3) is 0 Å². The first-order valence-electron chi connectivity index (χ1n) is 7.36. The van der Waals surface area contributed by atoms with Crippen LogP contribution in [0.4, 0.5) is 10.5 Å². The molecule has 2 amide bonds. The van der Waals surface area contributed by atoms with E-state index in [1.165, 1.54) is 6.07 Å². The van der Waals surface area contributed by atoms with Gasteiger partial charge in [0.15, 0.2) is 0 Å². The highest BCUT2D eigenvalue weighted by Crippen LogP contribution is 2.17. The molecule has 0 bridgehead atoms. The number of nitrogens with one attached hydrogen (secondary N) is 2. The number of carbonyl (C=O) groups is 1. The van der Waals surface area contributed by atoms with Crippen molar-refractivity contribution in [1.82, 2.24) is 5.32 Å². The number of carbonyl (C=O) groups excluding carboxylic acids is 1. The standard InChI is InChI=1S/C18H16N2O4/c1-23-15-4-2-3-12(9-15)11-19-18(22)20-14-6-7-16-13(10-14)5-8-17(21)24-16/h2-10H,11H2,1H3,(H2,19,20,22). The smallest absolute Gasteiger partial charge is 0.336 e. The minimum absolute atomic E-state index is 0.324. The van der Waals surface area contributed by atoms with Crippen molar-refractivity contribution in [3.63, 3.8) is 0 Å². The highest BCUT2D eigenvalue weighted by Gasteiger charge is 2.04. The van der Waals surface area contributed by atoms with Gasteiger partial charge in [-0.2, -0.15) is 0 Å². The fourth-order valence-corrected chi connectivity index (χ4v) is 2.29. The molecule has 0 aliphatic carbocycles. The summed E-state index contributed by atoms with van der Waals surface area (Å²) in [7, 11) is 1.60. The molecule has 3 rings (SSSR count). The van der Waals surface area contributed by atoms with Gasteiger partial charge in [0, 0.05) is 23.7 Å². The molecule has 24 heavy (non-hydrogen) atoms. The van der Waals surface area contributed by atoms with Crippen molar-refractivity contribution < 1.29 is 13.9 Å². The SMILES string of the molecule is COc1cccc(CNC(=O)Nc2ccc3oc(=O)ccc3c2)c1.